The minimum absolute atomic E-state index is 0.121. The molecule has 0 bridgehead atoms. The first kappa shape index (κ1) is 17.3. The normalized spacial score (nSPS) is 20.9. The van der Waals surface area contributed by atoms with Crippen LogP contribution in [0, 0.1) is 5.92 Å². The predicted molar refractivity (Wildman–Crippen MR) is 103 cm³/mol. The Morgan fingerprint density at radius 3 is 2.65 bits per heavy atom. The van der Waals surface area contributed by atoms with Crippen LogP contribution in [-0.2, 0) is 9.53 Å². The van der Waals surface area contributed by atoms with Crippen LogP contribution < -0.4 is 4.74 Å². The first-order chi connectivity index (χ1) is 12.7. The van der Waals surface area contributed by atoms with E-state index in [9.17, 15) is 4.79 Å². The number of benzene rings is 2. The van der Waals surface area contributed by atoms with Crippen LogP contribution in [0.1, 0.15) is 37.7 Å². The van der Waals surface area contributed by atoms with Crippen LogP contribution in [0.2, 0.25) is 0 Å². The zero-order valence-electron chi connectivity index (χ0n) is 15.6. The molecule has 0 N–H and O–H groups in total. The highest BCUT2D eigenvalue weighted by atomic mass is 16.5. The zero-order valence-corrected chi connectivity index (χ0v) is 15.6. The zero-order chi connectivity index (χ0) is 18.1. The molecule has 1 saturated carbocycles. The molecule has 4 heteroatoms. The van der Waals surface area contributed by atoms with Crippen molar-refractivity contribution in [3.8, 4) is 5.75 Å². The molecule has 1 saturated heterocycles. The number of fused-ring (bicyclic) bond motifs is 1. The summed E-state index contributed by atoms with van der Waals surface area (Å²) in [5.74, 6) is 1.49. The average molecular weight is 353 g/mol. The van der Waals surface area contributed by atoms with Gasteiger partial charge in [0, 0.05) is 25.1 Å². The Morgan fingerprint density at radius 2 is 1.96 bits per heavy atom. The van der Waals surface area contributed by atoms with Gasteiger partial charge in [-0.2, -0.15) is 0 Å². The molecule has 4 nitrogen and oxygen atoms in total. The molecule has 1 aliphatic heterocycles. The van der Waals surface area contributed by atoms with Crippen LogP contribution in [0.5, 0.6) is 5.75 Å². The predicted octanol–water partition coefficient (Wildman–Crippen LogP) is 3.98. The van der Waals surface area contributed by atoms with E-state index in [0.29, 0.717) is 12.0 Å². The van der Waals surface area contributed by atoms with Crippen molar-refractivity contribution < 1.29 is 14.3 Å². The number of ether oxygens (including phenoxy) is 2. The van der Waals surface area contributed by atoms with E-state index in [1.165, 1.54) is 0 Å². The van der Waals surface area contributed by atoms with Gasteiger partial charge in [-0.3, -0.25) is 4.79 Å². The van der Waals surface area contributed by atoms with Crippen LogP contribution in [0.15, 0.2) is 36.4 Å². The maximum absolute atomic E-state index is 13.2. The third-order valence-corrected chi connectivity index (χ3v) is 5.69. The molecule has 2 aromatic rings. The second-order valence-electron chi connectivity index (χ2n) is 7.65. The monoisotopic (exact) mass is 353 g/mol. The molecule has 2 aromatic carbocycles. The Balaban J connectivity index is 1.53. The van der Waals surface area contributed by atoms with E-state index in [-0.39, 0.29) is 11.8 Å². The molecule has 1 amide bonds. The second kappa shape index (κ2) is 7.28. The Kier molecular flexibility index (Phi) is 4.86. The lowest BCUT2D eigenvalue weighted by Gasteiger charge is -2.28. The van der Waals surface area contributed by atoms with E-state index in [1.807, 2.05) is 19.1 Å². The molecule has 2 atom stereocenters. The first-order valence-corrected chi connectivity index (χ1v) is 9.61. The molecule has 0 spiro atoms. The Bertz CT molecular complexity index is 793. The van der Waals surface area contributed by atoms with Crippen molar-refractivity contribution in [3.63, 3.8) is 0 Å². The van der Waals surface area contributed by atoms with Crippen LogP contribution in [0.4, 0.5) is 0 Å². The molecule has 1 heterocycles. The molecular formula is C22H27NO3. The van der Waals surface area contributed by atoms with Crippen molar-refractivity contribution in [3.05, 3.63) is 42.0 Å². The summed E-state index contributed by atoms with van der Waals surface area (Å²) in [4.78, 5) is 15.3. The summed E-state index contributed by atoms with van der Waals surface area (Å²) in [6.07, 6.45) is 3.36. The van der Waals surface area contributed by atoms with E-state index in [2.05, 4.69) is 29.2 Å². The fourth-order valence-electron chi connectivity index (χ4n) is 3.84. The Morgan fingerprint density at radius 1 is 1.19 bits per heavy atom. The third kappa shape index (κ3) is 3.56. The van der Waals surface area contributed by atoms with Crippen LogP contribution >= 0.6 is 0 Å². The van der Waals surface area contributed by atoms with Crippen molar-refractivity contribution >= 4 is 16.7 Å². The maximum atomic E-state index is 13.2. The molecule has 138 valence electrons. The smallest absolute Gasteiger partial charge is 0.230 e. The molecule has 0 radical (unpaired) electrons. The number of rotatable bonds is 6. The van der Waals surface area contributed by atoms with Gasteiger partial charge in [0.05, 0.1) is 19.6 Å². The number of nitrogens with zero attached hydrogens (tertiary/aromatic N) is 1. The van der Waals surface area contributed by atoms with Crippen molar-refractivity contribution in [1.82, 2.24) is 4.90 Å². The lowest BCUT2D eigenvalue weighted by Crippen LogP contribution is -2.39. The number of amides is 1. The quantitative estimate of drug-likeness (QED) is 0.788. The van der Waals surface area contributed by atoms with Gasteiger partial charge in [-0.25, -0.2) is 0 Å². The van der Waals surface area contributed by atoms with Gasteiger partial charge in [0.25, 0.3) is 0 Å². The summed E-state index contributed by atoms with van der Waals surface area (Å²) in [7, 11) is 1.68. The minimum Gasteiger partial charge on any atom is -0.497 e. The highest BCUT2D eigenvalue weighted by Gasteiger charge is 2.36. The van der Waals surface area contributed by atoms with E-state index >= 15 is 0 Å². The fraction of sp³-hybridized carbons (Fsp3) is 0.500. The number of carbonyl (C=O) groups excluding carboxylic acids is 1. The first-order valence-electron chi connectivity index (χ1n) is 9.61. The molecule has 2 aliphatic rings. The summed E-state index contributed by atoms with van der Waals surface area (Å²) in [5, 5.41) is 2.28. The van der Waals surface area contributed by atoms with Gasteiger partial charge in [-0.1, -0.05) is 24.3 Å². The minimum atomic E-state index is -0.121. The topological polar surface area (TPSA) is 38.8 Å². The van der Waals surface area contributed by atoms with Crippen molar-refractivity contribution in [2.75, 3.05) is 26.9 Å². The van der Waals surface area contributed by atoms with Gasteiger partial charge in [0.15, 0.2) is 0 Å². The molecule has 2 fully saturated rings. The van der Waals surface area contributed by atoms with Crippen LogP contribution in [0.25, 0.3) is 10.8 Å². The van der Waals surface area contributed by atoms with E-state index < -0.39 is 0 Å². The molecule has 0 aromatic heterocycles. The second-order valence-corrected chi connectivity index (χ2v) is 7.65. The SMILES string of the molecule is COc1ccc2cc([C@@H](C)C(=O)N(CC3CCOC3)C3CC3)ccc2c1. The number of carbonyl (C=O) groups is 1. The third-order valence-electron chi connectivity index (χ3n) is 5.69. The van der Waals surface area contributed by atoms with Crippen molar-refractivity contribution in [1.29, 1.82) is 0 Å². The maximum Gasteiger partial charge on any atom is 0.230 e. The van der Waals surface area contributed by atoms with Gasteiger partial charge < -0.3 is 14.4 Å². The van der Waals surface area contributed by atoms with Gasteiger partial charge in [0.2, 0.25) is 5.91 Å². The summed E-state index contributed by atoms with van der Waals surface area (Å²) in [6.45, 7) is 4.51. The van der Waals surface area contributed by atoms with E-state index in [0.717, 1.165) is 61.1 Å². The van der Waals surface area contributed by atoms with Crippen molar-refractivity contribution in [2.24, 2.45) is 5.92 Å². The lowest BCUT2D eigenvalue weighted by molar-refractivity contribution is -0.133. The number of methoxy groups -OCH3 is 1. The Hall–Kier alpha value is -2.07. The molecule has 1 unspecified atom stereocenters. The number of hydrogen-bond donors (Lipinski definition) is 0. The van der Waals surface area contributed by atoms with Gasteiger partial charge >= 0.3 is 0 Å². The lowest BCUT2D eigenvalue weighted by atomic mass is 9.96. The van der Waals surface area contributed by atoms with Gasteiger partial charge in [-0.05, 0) is 54.7 Å². The summed E-state index contributed by atoms with van der Waals surface area (Å²) >= 11 is 0. The fourth-order valence-corrected chi connectivity index (χ4v) is 3.84. The molecule has 1 aliphatic carbocycles. The summed E-state index contributed by atoms with van der Waals surface area (Å²) in [6, 6.07) is 12.8. The van der Waals surface area contributed by atoms with Crippen LogP contribution in [0.3, 0.4) is 0 Å². The Labute approximate surface area is 155 Å². The number of hydrogen-bond acceptors (Lipinski definition) is 3. The van der Waals surface area contributed by atoms with Gasteiger partial charge in [-0.15, -0.1) is 0 Å². The molecule has 26 heavy (non-hydrogen) atoms. The van der Waals surface area contributed by atoms with Crippen LogP contribution in [-0.4, -0.2) is 43.7 Å². The summed E-state index contributed by atoms with van der Waals surface area (Å²) < 4.78 is 10.8. The van der Waals surface area contributed by atoms with E-state index in [4.69, 9.17) is 9.47 Å². The molecule has 4 rings (SSSR count). The van der Waals surface area contributed by atoms with Crippen molar-refractivity contribution in [2.45, 2.75) is 38.1 Å². The standard InChI is InChI=1S/C22H27NO3/c1-15(17-3-4-19-12-21(25-2)8-5-18(19)11-17)22(24)23(20-6-7-20)13-16-9-10-26-14-16/h3-5,8,11-12,15-16,20H,6-7,9-10,13-14H2,1-2H3/t15-,16?/m1/s1. The highest BCUT2D eigenvalue weighted by molar-refractivity contribution is 5.88. The van der Waals surface area contributed by atoms with Gasteiger partial charge in [0.1, 0.15) is 5.75 Å². The largest absolute Gasteiger partial charge is 0.497 e. The summed E-state index contributed by atoms with van der Waals surface area (Å²) in [5.41, 5.74) is 1.08. The molecular weight excluding hydrogens is 326 g/mol. The highest BCUT2D eigenvalue weighted by Crippen LogP contribution is 2.33. The average Bonchev–Trinajstić information content (AvgIpc) is 3.39. The van der Waals surface area contributed by atoms with E-state index in [1.54, 1.807) is 7.11 Å².